The van der Waals surface area contributed by atoms with Gasteiger partial charge in [-0.15, -0.1) is 0 Å². The number of nitrogens with two attached hydrogens (primary N) is 1. The first-order valence-electron chi connectivity index (χ1n) is 3.60. The first-order valence-corrected chi connectivity index (χ1v) is 3.60. The Kier molecular flexibility index (Phi) is 2.98. The van der Waals surface area contributed by atoms with Gasteiger partial charge in [0.05, 0.1) is 4.92 Å². The van der Waals surface area contributed by atoms with E-state index in [1.165, 1.54) is 0 Å². The van der Waals surface area contributed by atoms with Crippen LogP contribution >= 0.6 is 0 Å². The lowest BCUT2D eigenvalue weighted by Crippen LogP contribution is -2.06. The van der Waals surface area contributed by atoms with E-state index in [-0.39, 0.29) is 0 Å². The molecule has 15 heavy (non-hydrogen) atoms. The number of alkyl halides is 2. The summed E-state index contributed by atoms with van der Waals surface area (Å²) in [6, 6.07) is 1.12. The van der Waals surface area contributed by atoms with Crippen LogP contribution in [0.5, 0.6) is 5.75 Å². The van der Waals surface area contributed by atoms with Gasteiger partial charge in [0.25, 0.3) is 0 Å². The van der Waals surface area contributed by atoms with E-state index in [2.05, 4.69) is 4.74 Å². The highest BCUT2D eigenvalue weighted by atomic mass is 19.3. The van der Waals surface area contributed by atoms with Crippen LogP contribution in [0.25, 0.3) is 0 Å². The van der Waals surface area contributed by atoms with Crippen LogP contribution in [0.15, 0.2) is 12.1 Å². The SMILES string of the molecule is Nc1cc(F)cc(OC(F)F)c1[N+](=O)[O-]. The van der Waals surface area contributed by atoms with Crippen LogP contribution in [0.3, 0.4) is 0 Å². The Morgan fingerprint density at radius 2 is 2.07 bits per heavy atom. The van der Waals surface area contributed by atoms with Gasteiger partial charge in [0.2, 0.25) is 5.75 Å². The van der Waals surface area contributed by atoms with Crippen LogP contribution in [0.1, 0.15) is 0 Å². The normalized spacial score (nSPS) is 10.4. The summed E-state index contributed by atoms with van der Waals surface area (Å²) in [5.41, 5.74) is 3.64. The standard InChI is InChI=1S/C7H5F3N2O3/c8-3-1-4(11)6(12(13)14)5(2-3)15-7(9)10/h1-2,7H,11H2. The van der Waals surface area contributed by atoms with Crippen LogP contribution < -0.4 is 10.5 Å². The quantitative estimate of drug-likeness (QED) is 0.481. The molecule has 1 aromatic rings. The predicted octanol–water partition coefficient (Wildman–Crippen LogP) is 1.92. The van der Waals surface area contributed by atoms with Crippen LogP contribution in [0.4, 0.5) is 24.5 Å². The molecule has 0 radical (unpaired) electrons. The Morgan fingerprint density at radius 1 is 1.47 bits per heavy atom. The molecular weight excluding hydrogens is 217 g/mol. The summed E-state index contributed by atoms with van der Waals surface area (Å²) in [5.74, 6) is -1.89. The first-order chi connectivity index (χ1) is 6.91. The van der Waals surface area contributed by atoms with Gasteiger partial charge in [-0.1, -0.05) is 0 Å². The number of nitro groups is 1. The minimum absolute atomic E-state index is 0.473. The smallest absolute Gasteiger partial charge is 0.387 e. The third-order valence-electron chi connectivity index (χ3n) is 1.47. The summed E-state index contributed by atoms with van der Waals surface area (Å²) in [7, 11) is 0. The van der Waals surface area contributed by atoms with E-state index in [9.17, 15) is 23.3 Å². The molecule has 8 heteroatoms. The fraction of sp³-hybridized carbons (Fsp3) is 0.143. The van der Waals surface area contributed by atoms with Gasteiger partial charge in [0, 0.05) is 12.1 Å². The van der Waals surface area contributed by atoms with E-state index in [0.717, 1.165) is 0 Å². The number of ether oxygens (including phenoxy) is 1. The lowest BCUT2D eigenvalue weighted by atomic mass is 10.2. The molecule has 0 aliphatic heterocycles. The zero-order valence-corrected chi connectivity index (χ0v) is 7.12. The van der Waals surface area contributed by atoms with E-state index in [0.29, 0.717) is 12.1 Å². The van der Waals surface area contributed by atoms with E-state index in [1.807, 2.05) is 0 Å². The van der Waals surface area contributed by atoms with Crippen LogP contribution in [0.2, 0.25) is 0 Å². The second kappa shape index (κ2) is 4.03. The maximum Gasteiger partial charge on any atom is 0.387 e. The zero-order valence-electron chi connectivity index (χ0n) is 7.12. The van der Waals surface area contributed by atoms with Gasteiger partial charge in [0.15, 0.2) is 0 Å². The molecule has 0 unspecified atom stereocenters. The van der Waals surface area contributed by atoms with Crippen molar-refractivity contribution in [2.45, 2.75) is 6.61 Å². The van der Waals surface area contributed by atoms with E-state index in [1.54, 1.807) is 0 Å². The molecule has 0 amide bonds. The third kappa shape index (κ3) is 2.48. The Hall–Kier alpha value is -1.99. The van der Waals surface area contributed by atoms with Gasteiger partial charge in [-0.2, -0.15) is 8.78 Å². The average molecular weight is 222 g/mol. The summed E-state index contributed by atoms with van der Waals surface area (Å²) in [4.78, 5) is 9.39. The van der Waals surface area contributed by atoms with E-state index >= 15 is 0 Å². The monoisotopic (exact) mass is 222 g/mol. The molecule has 5 nitrogen and oxygen atoms in total. The summed E-state index contributed by atoms with van der Waals surface area (Å²) >= 11 is 0. The Balaban J connectivity index is 3.27. The molecule has 0 fully saturated rings. The summed E-state index contributed by atoms with van der Waals surface area (Å²) in [6.45, 7) is -3.29. The molecule has 0 aliphatic rings. The highest BCUT2D eigenvalue weighted by Crippen LogP contribution is 2.34. The Morgan fingerprint density at radius 3 is 2.53 bits per heavy atom. The third-order valence-corrected chi connectivity index (χ3v) is 1.47. The van der Waals surface area contributed by atoms with Crippen LogP contribution in [-0.2, 0) is 0 Å². The van der Waals surface area contributed by atoms with Gasteiger partial charge in [-0.3, -0.25) is 10.1 Å². The molecule has 1 aromatic carbocycles. The number of hydrogen-bond donors (Lipinski definition) is 1. The molecule has 0 bridgehead atoms. The highest BCUT2D eigenvalue weighted by Gasteiger charge is 2.23. The number of halogens is 3. The number of nitro benzene ring substituents is 1. The number of nitrogens with zero attached hydrogens (tertiary/aromatic N) is 1. The van der Waals surface area contributed by atoms with Crippen LogP contribution in [0, 0.1) is 15.9 Å². The van der Waals surface area contributed by atoms with Crippen molar-refractivity contribution in [3.05, 3.63) is 28.1 Å². The molecule has 0 aromatic heterocycles. The number of hydrogen-bond acceptors (Lipinski definition) is 4. The molecule has 0 saturated carbocycles. The van der Waals surface area contributed by atoms with Crippen molar-refractivity contribution < 1.29 is 22.8 Å². The van der Waals surface area contributed by atoms with Gasteiger partial charge in [-0.05, 0) is 0 Å². The molecule has 0 aliphatic carbocycles. The zero-order chi connectivity index (χ0) is 11.6. The molecule has 0 heterocycles. The minimum Gasteiger partial charge on any atom is -0.427 e. The summed E-state index contributed by atoms with van der Waals surface area (Å²) in [6.07, 6.45) is 0. The molecule has 0 atom stereocenters. The lowest BCUT2D eigenvalue weighted by molar-refractivity contribution is -0.385. The van der Waals surface area contributed by atoms with Crippen molar-refractivity contribution in [2.75, 3.05) is 5.73 Å². The van der Waals surface area contributed by atoms with Crippen molar-refractivity contribution >= 4 is 11.4 Å². The predicted molar refractivity (Wildman–Crippen MR) is 44.1 cm³/mol. The van der Waals surface area contributed by atoms with Crippen molar-refractivity contribution in [3.8, 4) is 5.75 Å². The molecule has 82 valence electrons. The topological polar surface area (TPSA) is 78.4 Å². The van der Waals surface area contributed by atoms with Gasteiger partial charge < -0.3 is 10.5 Å². The van der Waals surface area contributed by atoms with Crippen LogP contribution in [-0.4, -0.2) is 11.5 Å². The molecule has 1 rings (SSSR count). The summed E-state index contributed by atoms with van der Waals surface area (Å²) in [5, 5.41) is 10.4. The van der Waals surface area contributed by atoms with Gasteiger partial charge >= 0.3 is 12.3 Å². The second-order valence-corrected chi connectivity index (χ2v) is 2.48. The number of benzene rings is 1. The average Bonchev–Trinajstić information content (AvgIpc) is 1.99. The van der Waals surface area contributed by atoms with E-state index < -0.39 is 34.5 Å². The van der Waals surface area contributed by atoms with Gasteiger partial charge in [0.1, 0.15) is 11.5 Å². The lowest BCUT2D eigenvalue weighted by Gasteiger charge is -2.06. The first kappa shape index (κ1) is 11.1. The minimum atomic E-state index is -3.29. The van der Waals surface area contributed by atoms with E-state index in [4.69, 9.17) is 5.73 Å². The van der Waals surface area contributed by atoms with Crippen molar-refractivity contribution in [1.29, 1.82) is 0 Å². The van der Waals surface area contributed by atoms with Crippen molar-refractivity contribution in [3.63, 3.8) is 0 Å². The second-order valence-electron chi connectivity index (χ2n) is 2.48. The maximum atomic E-state index is 12.7. The Labute approximate surface area is 81.4 Å². The van der Waals surface area contributed by atoms with Crippen molar-refractivity contribution in [2.24, 2.45) is 0 Å². The fourth-order valence-corrected chi connectivity index (χ4v) is 0.976. The largest absolute Gasteiger partial charge is 0.427 e. The molecule has 0 saturated heterocycles. The van der Waals surface area contributed by atoms with Gasteiger partial charge in [-0.25, -0.2) is 4.39 Å². The fourth-order valence-electron chi connectivity index (χ4n) is 0.976. The Bertz CT molecular complexity index is 397. The number of anilines is 1. The highest BCUT2D eigenvalue weighted by molar-refractivity contribution is 5.65. The summed E-state index contributed by atoms with van der Waals surface area (Å²) < 4.78 is 40.1. The number of rotatable bonds is 3. The van der Waals surface area contributed by atoms with Crippen molar-refractivity contribution in [1.82, 2.24) is 0 Å². The molecule has 2 N–H and O–H groups in total. The maximum absolute atomic E-state index is 12.7. The molecular formula is C7H5F3N2O3. The molecule has 0 spiro atoms. The number of nitrogen functional groups attached to an aromatic ring is 1.